The molecule has 1 unspecified atom stereocenters. The number of rotatable bonds is 6. The monoisotopic (exact) mass is 326 g/mol. The SMILES string of the molecule is CC(Cn1ccnc1)NC(=O)Cc1ccc(N2CCCC2=O)cc1. The number of nitrogens with zero attached hydrogens (tertiary/aromatic N) is 3. The first kappa shape index (κ1) is 16.2. The van der Waals surface area contributed by atoms with Crippen LogP contribution in [0.4, 0.5) is 5.69 Å². The molecule has 2 aromatic rings. The molecule has 0 aliphatic carbocycles. The van der Waals surface area contributed by atoms with Crippen LogP contribution in [0.25, 0.3) is 0 Å². The molecular weight excluding hydrogens is 304 g/mol. The number of amides is 2. The third-order valence-electron chi connectivity index (χ3n) is 4.14. The first-order valence-corrected chi connectivity index (χ1v) is 8.26. The molecule has 24 heavy (non-hydrogen) atoms. The van der Waals surface area contributed by atoms with E-state index in [2.05, 4.69) is 10.3 Å². The Bertz CT molecular complexity index is 694. The second kappa shape index (κ2) is 7.29. The van der Waals surface area contributed by atoms with Crippen molar-refractivity contribution < 1.29 is 9.59 Å². The van der Waals surface area contributed by atoms with E-state index in [1.165, 1.54) is 0 Å². The largest absolute Gasteiger partial charge is 0.352 e. The zero-order valence-electron chi connectivity index (χ0n) is 13.8. The van der Waals surface area contributed by atoms with Crippen LogP contribution in [0.2, 0.25) is 0 Å². The smallest absolute Gasteiger partial charge is 0.227 e. The molecule has 0 radical (unpaired) electrons. The van der Waals surface area contributed by atoms with Crippen molar-refractivity contribution >= 4 is 17.5 Å². The minimum atomic E-state index is -0.00684. The van der Waals surface area contributed by atoms with E-state index in [9.17, 15) is 9.59 Å². The Labute approximate surface area is 141 Å². The van der Waals surface area contributed by atoms with E-state index in [0.717, 1.165) is 24.2 Å². The van der Waals surface area contributed by atoms with Crippen molar-refractivity contribution in [2.24, 2.45) is 0 Å². The van der Waals surface area contributed by atoms with Crippen molar-refractivity contribution in [1.82, 2.24) is 14.9 Å². The Morgan fingerprint density at radius 2 is 2.12 bits per heavy atom. The Hall–Kier alpha value is -2.63. The second-order valence-electron chi connectivity index (χ2n) is 6.22. The molecular formula is C18H22N4O2. The molecule has 1 fully saturated rings. The molecule has 0 saturated carbocycles. The number of hydrogen-bond acceptors (Lipinski definition) is 3. The summed E-state index contributed by atoms with van der Waals surface area (Å²) in [5.74, 6) is 0.168. The summed E-state index contributed by atoms with van der Waals surface area (Å²) in [6.07, 6.45) is 7.21. The molecule has 2 heterocycles. The fourth-order valence-electron chi connectivity index (χ4n) is 2.98. The van der Waals surface area contributed by atoms with Gasteiger partial charge in [0.25, 0.3) is 0 Å². The maximum Gasteiger partial charge on any atom is 0.227 e. The summed E-state index contributed by atoms with van der Waals surface area (Å²) in [6, 6.07) is 7.71. The predicted octanol–water partition coefficient (Wildman–Crippen LogP) is 1.76. The summed E-state index contributed by atoms with van der Waals surface area (Å²) in [7, 11) is 0. The topological polar surface area (TPSA) is 67.2 Å². The van der Waals surface area contributed by atoms with E-state index in [1.54, 1.807) is 17.4 Å². The van der Waals surface area contributed by atoms with E-state index in [0.29, 0.717) is 19.4 Å². The van der Waals surface area contributed by atoms with Gasteiger partial charge in [-0.2, -0.15) is 0 Å². The van der Waals surface area contributed by atoms with Crippen molar-refractivity contribution in [1.29, 1.82) is 0 Å². The number of benzene rings is 1. The van der Waals surface area contributed by atoms with Gasteiger partial charge in [0.05, 0.1) is 12.7 Å². The molecule has 126 valence electrons. The summed E-state index contributed by atoms with van der Waals surface area (Å²) < 4.78 is 1.94. The minimum Gasteiger partial charge on any atom is -0.352 e. The van der Waals surface area contributed by atoms with Gasteiger partial charge >= 0.3 is 0 Å². The fourth-order valence-corrected chi connectivity index (χ4v) is 2.98. The van der Waals surface area contributed by atoms with Crippen molar-refractivity contribution in [3.8, 4) is 0 Å². The lowest BCUT2D eigenvalue weighted by atomic mass is 10.1. The quantitative estimate of drug-likeness (QED) is 0.879. The van der Waals surface area contributed by atoms with Gasteiger partial charge in [0.1, 0.15) is 0 Å². The predicted molar refractivity (Wildman–Crippen MR) is 91.6 cm³/mol. The first-order valence-electron chi connectivity index (χ1n) is 8.26. The van der Waals surface area contributed by atoms with Crippen LogP contribution in [0.1, 0.15) is 25.3 Å². The number of anilines is 1. The van der Waals surface area contributed by atoms with E-state index in [4.69, 9.17) is 0 Å². The molecule has 1 aromatic heterocycles. The van der Waals surface area contributed by atoms with Gasteiger partial charge in [-0.3, -0.25) is 9.59 Å². The lowest BCUT2D eigenvalue weighted by Gasteiger charge is -2.16. The van der Waals surface area contributed by atoms with E-state index < -0.39 is 0 Å². The van der Waals surface area contributed by atoms with E-state index >= 15 is 0 Å². The van der Waals surface area contributed by atoms with Crippen LogP contribution in [0.15, 0.2) is 43.0 Å². The maximum atomic E-state index is 12.1. The number of carbonyl (C=O) groups is 2. The average Bonchev–Trinajstić information content (AvgIpc) is 3.19. The van der Waals surface area contributed by atoms with Crippen molar-refractivity contribution in [3.63, 3.8) is 0 Å². The van der Waals surface area contributed by atoms with E-state index in [1.807, 2.05) is 42.0 Å². The molecule has 1 atom stereocenters. The highest BCUT2D eigenvalue weighted by atomic mass is 16.2. The lowest BCUT2D eigenvalue weighted by molar-refractivity contribution is -0.121. The third kappa shape index (κ3) is 4.01. The number of hydrogen-bond donors (Lipinski definition) is 1. The van der Waals surface area contributed by atoms with Crippen LogP contribution in [-0.2, 0) is 22.6 Å². The molecule has 6 heteroatoms. The van der Waals surface area contributed by atoms with Gasteiger partial charge in [-0.25, -0.2) is 4.98 Å². The summed E-state index contributed by atoms with van der Waals surface area (Å²) >= 11 is 0. The Morgan fingerprint density at radius 3 is 2.75 bits per heavy atom. The van der Waals surface area contributed by atoms with Gasteiger partial charge in [0, 0.05) is 43.6 Å². The first-order chi connectivity index (χ1) is 11.6. The van der Waals surface area contributed by atoms with Crippen LogP contribution < -0.4 is 10.2 Å². The normalized spacial score (nSPS) is 15.5. The Morgan fingerprint density at radius 1 is 1.33 bits per heavy atom. The maximum absolute atomic E-state index is 12.1. The zero-order chi connectivity index (χ0) is 16.9. The van der Waals surface area contributed by atoms with Gasteiger partial charge in [0.2, 0.25) is 11.8 Å². The molecule has 1 aliphatic rings. The van der Waals surface area contributed by atoms with Crippen LogP contribution >= 0.6 is 0 Å². The number of nitrogens with one attached hydrogen (secondary N) is 1. The van der Waals surface area contributed by atoms with Crippen molar-refractivity contribution in [2.75, 3.05) is 11.4 Å². The standard InChI is InChI=1S/C18H22N4O2/c1-14(12-21-10-8-19-13-21)20-17(23)11-15-4-6-16(7-5-15)22-9-2-3-18(22)24/h4-8,10,13-14H,2-3,9,11-12H2,1H3,(H,20,23). The summed E-state index contributed by atoms with van der Waals surface area (Å²) in [5.41, 5.74) is 1.85. The summed E-state index contributed by atoms with van der Waals surface area (Å²) in [5, 5.41) is 2.99. The molecule has 1 aliphatic heterocycles. The second-order valence-corrected chi connectivity index (χ2v) is 6.22. The van der Waals surface area contributed by atoms with Gasteiger partial charge in [-0.15, -0.1) is 0 Å². The van der Waals surface area contributed by atoms with Gasteiger partial charge in [-0.05, 0) is 31.0 Å². The van der Waals surface area contributed by atoms with Gasteiger partial charge in [-0.1, -0.05) is 12.1 Å². The molecule has 1 N–H and O–H groups in total. The third-order valence-corrected chi connectivity index (χ3v) is 4.14. The highest BCUT2D eigenvalue weighted by Gasteiger charge is 2.21. The lowest BCUT2D eigenvalue weighted by Crippen LogP contribution is -2.36. The van der Waals surface area contributed by atoms with Crippen LogP contribution in [0.5, 0.6) is 0 Å². The van der Waals surface area contributed by atoms with E-state index in [-0.39, 0.29) is 17.9 Å². The Kier molecular flexibility index (Phi) is 4.93. The number of imidazole rings is 1. The number of aromatic nitrogens is 2. The molecule has 1 saturated heterocycles. The molecule has 0 bridgehead atoms. The molecule has 0 spiro atoms. The molecule has 2 amide bonds. The summed E-state index contributed by atoms with van der Waals surface area (Å²) in [6.45, 7) is 3.45. The average molecular weight is 326 g/mol. The summed E-state index contributed by atoms with van der Waals surface area (Å²) in [4.78, 5) is 29.7. The van der Waals surface area contributed by atoms with Crippen molar-refractivity contribution in [2.45, 2.75) is 38.8 Å². The molecule has 1 aromatic carbocycles. The van der Waals surface area contributed by atoms with Gasteiger partial charge < -0.3 is 14.8 Å². The highest BCUT2D eigenvalue weighted by molar-refractivity contribution is 5.95. The van der Waals surface area contributed by atoms with Gasteiger partial charge in [0.15, 0.2) is 0 Å². The van der Waals surface area contributed by atoms with Crippen LogP contribution in [-0.4, -0.2) is 34.0 Å². The molecule has 3 rings (SSSR count). The highest BCUT2D eigenvalue weighted by Crippen LogP contribution is 2.21. The van der Waals surface area contributed by atoms with Crippen LogP contribution in [0, 0.1) is 0 Å². The van der Waals surface area contributed by atoms with Crippen molar-refractivity contribution in [3.05, 3.63) is 48.5 Å². The molecule has 6 nitrogen and oxygen atoms in total. The Balaban J connectivity index is 1.51. The zero-order valence-corrected chi connectivity index (χ0v) is 13.8. The fraction of sp³-hybridized carbons (Fsp3) is 0.389. The number of carbonyl (C=O) groups excluding carboxylic acids is 2. The van der Waals surface area contributed by atoms with Crippen LogP contribution in [0.3, 0.4) is 0 Å². The minimum absolute atomic E-state index is 0.00684.